The molecule has 2 aromatic carbocycles. The molecule has 0 aliphatic rings. The highest BCUT2D eigenvalue weighted by Crippen LogP contribution is 2.16. The molecule has 0 atom stereocenters. The van der Waals surface area contributed by atoms with Crippen molar-refractivity contribution in [3.63, 3.8) is 0 Å². The number of rotatable bonds is 5. The van der Waals surface area contributed by atoms with Gasteiger partial charge < -0.3 is 4.90 Å². The zero-order chi connectivity index (χ0) is 19.4. The molecular formula is C20H21ClN6. The number of hydrogen-bond donors (Lipinski definition) is 0. The molecule has 0 unspecified atom stereocenters. The summed E-state index contributed by atoms with van der Waals surface area (Å²) in [5.74, 6) is 0. The van der Waals surface area contributed by atoms with Crippen molar-refractivity contribution in [2.75, 3.05) is 19.0 Å². The molecule has 0 amide bonds. The van der Waals surface area contributed by atoms with Crippen molar-refractivity contribution in [3.8, 4) is 5.69 Å². The molecule has 1 heterocycles. The van der Waals surface area contributed by atoms with E-state index < -0.39 is 0 Å². The van der Waals surface area contributed by atoms with Gasteiger partial charge in [-0.15, -0.1) is 5.10 Å². The Morgan fingerprint density at radius 2 is 1.74 bits per heavy atom. The Bertz CT molecular complexity index is 969. The zero-order valence-corrected chi connectivity index (χ0v) is 16.5. The molecule has 7 heteroatoms. The molecule has 0 saturated heterocycles. The summed E-state index contributed by atoms with van der Waals surface area (Å²) in [6.45, 7) is 3.82. The fraction of sp³-hybridized carbons (Fsp3) is 0.200. The summed E-state index contributed by atoms with van der Waals surface area (Å²) >= 11 is 5.94. The van der Waals surface area contributed by atoms with E-state index >= 15 is 0 Å². The smallest absolute Gasteiger partial charge is 0.132 e. The van der Waals surface area contributed by atoms with E-state index in [1.54, 1.807) is 10.9 Å². The highest BCUT2D eigenvalue weighted by atomic mass is 35.5. The monoisotopic (exact) mass is 380 g/mol. The quantitative estimate of drug-likeness (QED) is 0.493. The van der Waals surface area contributed by atoms with Crippen molar-refractivity contribution >= 4 is 29.2 Å². The molecule has 3 rings (SSSR count). The molecule has 0 fully saturated rings. The fourth-order valence-corrected chi connectivity index (χ4v) is 2.70. The Kier molecular flexibility index (Phi) is 5.66. The molecule has 3 aromatic rings. The Balaban J connectivity index is 1.77. The predicted molar refractivity (Wildman–Crippen MR) is 112 cm³/mol. The van der Waals surface area contributed by atoms with Crippen molar-refractivity contribution in [2.45, 2.75) is 13.8 Å². The number of aromatic nitrogens is 3. The molecular weight excluding hydrogens is 360 g/mol. The number of hydrogen-bond acceptors (Lipinski definition) is 5. The van der Waals surface area contributed by atoms with Crippen LogP contribution in [0, 0.1) is 6.92 Å². The minimum absolute atomic E-state index is 0.683. The highest BCUT2D eigenvalue weighted by molar-refractivity contribution is 6.30. The van der Waals surface area contributed by atoms with Gasteiger partial charge in [0.05, 0.1) is 23.3 Å². The lowest BCUT2D eigenvalue weighted by Gasteiger charge is -2.11. The molecule has 27 heavy (non-hydrogen) atoms. The van der Waals surface area contributed by atoms with Gasteiger partial charge in [0.15, 0.2) is 0 Å². The lowest BCUT2D eigenvalue weighted by molar-refractivity contribution is 0.785. The average Bonchev–Trinajstić information content (AvgIpc) is 3.04. The summed E-state index contributed by atoms with van der Waals surface area (Å²) in [5, 5.41) is 17.6. The number of halogens is 1. The summed E-state index contributed by atoms with van der Waals surface area (Å²) < 4.78 is 1.76. The van der Waals surface area contributed by atoms with Crippen LogP contribution in [0.2, 0.25) is 5.02 Å². The van der Waals surface area contributed by atoms with Crippen LogP contribution in [-0.4, -0.2) is 41.0 Å². The van der Waals surface area contributed by atoms with E-state index in [1.165, 1.54) is 0 Å². The van der Waals surface area contributed by atoms with Gasteiger partial charge in [0.1, 0.15) is 5.69 Å². The molecule has 0 aliphatic heterocycles. The first-order valence-electron chi connectivity index (χ1n) is 8.49. The average molecular weight is 381 g/mol. The first-order valence-corrected chi connectivity index (χ1v) is 8.87. The van der Waals surface area contributed by atoms with Crippen molar-refractivity contribution in [3.05, 3.63) is 70.5 Å². The Morgan fingerprint density at radius 3 is 2.37 bits per heavy atom. The summed E-state index contributed by atoms with van der Waals surface area (Å²) in [6.07, 6.45) is 1.72. The maximum absolute atomic E-state index is 5.94. The molecule has 0 spiro atoms. The van der Waals surface area contributed by atoms with E-state index in [-0.39, 0.29) is 0 Å². The van der Waals surface area contributed by atoms with E-state index in [0.717, 1.165) is 22.6 Å². The van der Waals surface area contributed by atoms with Gasteiger partial charge in [-0.1, -0.05) is 28.9 Å². The van der Waals surface area contributed by atoms with Gasteiger partial charge in [-0.3, -0.25) is 0 Å². The number of nitrogens with zero attached hydrogens (tertiary/aromatic N) is 6. The van der Waals surface area contributed by atoms with Crippen LogP contribution in [0.3, 0.4) is 0 Å². The standard InChI is InChI=1S/C20H21ClN6/c1-14(23-22-13-16-5-9-18(10-6-16)26(3)4)20-15(2)27(25-24-20)19-11-7-17(21)8-12-19/h5-13H,1-4H3/b22-13+,23-14+. The van der Waals surface area contributed by atoms with Crippen LogP contribution in [-0.2, 0) is 0 Å². The van der Waals surface area contributed by atoms with E-state index in [0.29, 0.717) is 16.4 Å². The van der Waals surface area contributed by atoms with Crippen LogP contribution >= 0.6 is 11.6 Å². The Hall–Kier alpha value is -2.99. The third kappa shape index (κ3) is 4.41. The van der Waals surface area contributed by atoms with Crippen molar-refractivity contribution in [1.29, 1.82) is 0 Å². The summed E-state index contributed by atoms with van der Waals surface area (Å²) in [7, 11) is 4.02. The molecule has 0 N–H and O–H groups in total. The SMILES string of the molecule is C/C(=N\N=C\c1ccc(N(C)C)cc1)c1nnn(-c2ccc(Cl)cc2)c1C. The zero-order valence-electron chi connectivity index (χ0n) is 15.8. The minimum Gasteiger partial charge on any atom is -0.378 e. The van der Waals surface area contributed by atoms with Crippen molar-refractivity contribution in [2.24, 2.45) is 10.2 Å². The second kappa shape index (κ2) is 8.14. The van der Waals surface area contributed by atoms with Gasteiger partial charge >= 0.3 is 0 Å². The second-order valence-electron chi connectivity index (χ2n) is 6.33. The van der Waals surface area contributed by atoms with Crippen LogP contribution in [0.5, 0.6) is 0 Å². The van der Waals surface area contributed by atoms with Crippen LogP contribution < -0.4 is 4.90 Å². The van der Waals surface area contributed by atoms with Gasteiger partial charge in [0, 0.05) is 24.8 Å². The molecule has 138 valence electrons. The maximum Gasteiger partial charge on any atom is 0.132 e. The topological polar surface area (TPSA) is 58.7 Å². The summed E-state index contributed by atoms with van der Waals surface area (Å²) in [4.78, 5) is 2.05. The summed E-state index contributed by atoms with van der Waals surface area (Å²) in [5.41, 5.74) is 5.33. The van der Waals surface area contributed by atoms with Crippen LogP contribution in [0.1, 0.15) is 23.9 Å². The lowest BCUT2D eigenvalue weighted by atomic mass is 10.2. The predicted octanol–water partition coefficient (Wildman–Crippen LogP) is 4.14. The third-order valence-electron chi connectivity index (χ3n) is 4.13. The molecule has 6 nitrogen and oxygen atoms in total. The van der Waals surface area contributed by atoms with E-state index in [4.69, 9.17) is 11.6 Å². The number of benzene rings is 2. The summed E-state index contributed by atoms with van der Waals surface area (Å²) in [6, 6.07) is 15.5. The van der Waals surface area contributed by atoms with Crippen LogP contribution in [0.15, 0.2) is 58.7 Å². The molecule has 0 radical (unpaired) electrons. The van der Waals surface area contributed by atoms with Crippen molar-refractivity contribution in [1.82, 2.24) is 15.0 Å². The van der Waals surface area contributed by atoms with Crippen molar-refractivity contribution < 1.29 is 0 Å². The van der Waals surface area contributed by atoms with Gasteiger partial charge in [0.25, 0.3) is 0 Å². The van der Waals surface area contributed by atoms with Crippen LogP contribution in [0.25, 0.3) is 5.69 Å². The molecule has 0 aliphatic carbocycles. The molecule has 1 aromatic heterocycles. The fourth-order valence-electron chi connectivity index (χ4n) is 2.58. The highest BCUT2D eigenvalue weighted by Gasteiger charge is 2.12. The van der Waals surface area contributed by atoms with Gasteiger partial charge in [0.2, 0.25) is 0 Å². The second-order valence-corrected chi connectivity index (χ2v) is 6.76. The van der Waals surface area contributed by atoms with Gasteiger partial charge in [-0.25, -0.2) is 4.68 Å². The maximum atomic E-state index is 5.94. The van der Waals surface area contributed by atoms with Crippen LogP contribution in [0.4, 0.5) is 5.69 Å². The van der Waals surface area contributed by atoms with E-state index in [9.17, 15) is 0 Å². The van der Waals surface area contributed by atoms with Gasteiger partial charge in [-0.2, -0.15) is 10.2 Å². The van der Waals surface area contributed by atoms with E-state index in [2.05, 4.69) is 25.4 Å². The Morgan fingerprint density at radius 1 is 1.07 bits per heavy atom. The largest absolute Gasteiger partial charge is 0.378 e. The minimum atomic E-state index is 0.683. The molecule has 0 bridgehead atoms. The first kappa shape index (κ1) is 18.8. The number of anilines is 1. The molecule has 0 saturated carbocycles. The first-order chi connectivity index (χ1) is 13.0. The Labute approximate surface area is 163 Å². The third-order valence-corrected chi connectivity index (χ3v) is 4.38. The normalized spacial score (nSPS) is 12.0. The van der Waals surface area contributed by atoms with E-state index in [1.807, 2.05) is 76.5 Å². The van der Waals surface area contributed by atoms with Gasteiger partial charge in [-0.05, 0) is 55.8 Å². The lowest BCUT2D eigenvalue weighted by Crippen LogP contribution is -2.08.